The molecule has 1 aliphatic rings. The summed E-state index contributed by atoms with van der Waals surface area (Å²) < 4.78 is 27.0. The van der Waals surface area contributed by atoms with E-state index >= 15 is 0 Å². The van der Waals surface area contributed by atoms with Gasteiger partial charge in [0, 0.05) is 36.1 Å². The van der Waals surface area contributed by atoms with E-state index in [9.17, 15) is 14.1 Å². The number of carbonyl (C=O) groups excluding carboxylic acids is 2. The van der Waals surface area contributed by atoms with Crippen LogP contribution < -0.4 is 14.8 Å². The topological polar surface area (TPSA) is 103 Å². The molecule has 0 saturated carbocycles. The predicted octanol–water partition coefficient (Wildman–Crippen LogP) is 5.41. The van der Waals surface area contributed by atoms with Crippen LogP contribution in [0.3, 0.4) is 0 Å². The van der Waals surface area contributed by atoms with Crippen molar-refractivity contribution in [2.45, 2.75) is 70.8 Å². The van der Waals surface area contributed by atoms with Crippen molar-refractivity contribution >= 4 is 46.6 Å². The number of ether oxygens (including phenoxy) is 2. The first-order valence-electron chi connectivity index (χ1n) is 12.3. The molecule has 1 aromatic carbocycles. The van der Waals surface area contributed by atoms with Crippen molar-refractivity contribution in [3.8, 4) is 5.75 Å². The van der Waals surface area contributed by atoms with Crippen LogP contribution in [0.2, 0.25) is 10.0 Å². The largest absolute Gasteiger partial charge is 0.598 e. The van der Waals surface area contributed by atoms with E-state index in [1.807, 2.05) is 20.8 Å². The van der Waals surface area contributed by atoms with Crippen LogP contribution in [0.5, 0.6) is 5.75 Å². The lowest BCUT2D eigenvalue weighted by atomic mass is 9.85. The van der Waals surface area contributed by atoms with E-state index in [2.05, 4.69) is 16.6 Å². The maximum absolute atomic E-state index is 13.2. The van der Waals surface area contributed by atoms with Crippen LogP contribution in [0, 0.1) is 5.92 Å². The van der Waals surface area contributed by atoms with E-state index in [-0.39, 0.29) is 31.0 Å². The van der Waals surface area contributed by atoms with Gasteiger partial charge in [-0.2, -0.15) is 0 Å². The van der Waals surface area contributed by atoms with Gasteiger partial charge >= 0.3 is 6.09 Å². The van der Waals surface area contributed by atoms with E-state index in [1.54, 1.807) is 43.9 Å². The first kappa shape index (κ1) is 31.6. The molecule has 1 unspecified atom stereocenters. The summed E-state index contributed by atoms with van der Waals surface area (Å²) >= 11 is 11.3. The number of likely N-dealkylation sites (tertiary alicyclic amines) is 1. The number of carbonyl (C=O) groups is 2. The van der Waals surface area contributed by atoms with Gasteiger partial charge in [-0.25, -0.2) is 4.79 Å². The monoisotopic (exact) mass is 575 g/mol. The fourth-order valence-corrected chi connectivity index (χ4v) is 5.05. The average Bonchev–Trinajstić information content (AvgIpc) is 2.80. The number of amides is 2. The highest BCUT2D eigenvalue weighted by atomic mass is 35.5. The summed E-state index contributed by atoms with van der Waals surface area (Å²) in [5.74, 6) is 0.395. The first-order chi connectivity index (χ1) is 17.1. The highest BCUT2D eigenvalue weighted by Gasteiger charge is 2.37. The van der Waals surface area contributed by atoms with Crippen molar-refractivity contribution in [2.75, 3.05) is 26.2 Å². The Labute approximate surface area is 233 Å². The van der Waals surface area contributed by atoms with Crippen LogP contribution in [-0.4, -0.2) is 58.0 Å². The van der Waals surface area contributed by atoms with Crippen molar-refractivity contribution < 1.29 is 23.6 Å². The molecule has 2 atom stereocenters. The highest BCUT2D eigenvalue weighted by Crippen LogP contribution is 2.40. The molecule has 1 aromatic rings. The molecule has 0 bridgehead atoms. The number of halogens is 2. The second-order valence-corrected chi connectivity index (χ2v) is 13.8. The third kappa shape index (κ3) is 9.87. The Morgan fingerprint density at radius 3 is 2.32 bits per heavy atom. The number of piperidine rings is 1. The van der Waals surface area contributed by atoms with Gasteiger partial charge in [-0.3, -0.25) is 4.79 Å². The zero-order valence-corrected chi connectivity index (χ0v) is 24.8. The molecule has 0 aromatic heterocycles. The lowest BCUT2D eigenvalue weighted by Crippen LogP contribution is -2.48. The molecule has 1 saturated heterocycles. The average molecular weight is 577 g/mol. The Morgan fingerprint density at radius 2 is 1.78 bits per heavy atom. The minimum absolute atomic E-state index is 0.0393. The molecule has 2 rings (SSSR count). The van der Waals surface area contributed by atoms with Gasteiger partial charge in [0.1, 0.15) is 29.2 Å². The summed E-state index contributed by atoms with van der Waals surface area (Å²) in [6.45, 7) is 15.8. The van der Waals surface area contributed by atoms with Crippen molar-refractivity contribution in [3.63, 3.8) is 0 Å². The van der Waals surface area contributed by atoms with E-state index in [0.29, 0.717) is 41.7 Å². The number of nitrogens with zero attached hydrogens (tertiary/aromatic N) is 1. The Hall–Kier alpha value is -1.65. The quantitative estimate of drug-likeness (QED) is 0.301. The summed E-state index contributed by atoms with van der Waals surface area (Å²) in [4.78, 5) is 26.3. The van der Waals surface area contributed by atoms with Crippen molar-refractivity contribution in [1.29, 1.82) is 0 Å². The fraction of sp³-hybridized carbons (Fsp3) is 0.615. The number of alkyl carbamates (subject to hydrolysis) is 1. The Kier molecular flexibility index (Phi) is 11.5. The molecule has 1 heterocycles. The maximum Gasteiger partial charge on any atom is 0.408 e. The van der Waals surface area contributed by atoms with E-state index in [1.165, 1.54) is 0 Å². The second kappa shape index (κ2) is 13.4. The molecule has 0 aliphatic carbocycles. The zero-order chi connectivity index (χ0) is 28.0. The van der Waals surface area contributed by atoms with Crippen LogP contribution in [-0.2, 0) is 20.9 Å². The van der Waals surface area contributed by atoms with Crippen molar-refractivity contribution in [3.05, 3.63) is 40.4 Å². The summed E-state index contributed by atoms with van der Waals surface area (Å²) in [7, 11) is 0. The molecule has 0 radical (unpaired) electrons. The summed E-state index contributed by atoms with van der Waals surface area (Å²) in [6.07, 6.45) is 2.31. The molecule has 2 amide bonds. The van der Waals surface area contributed by atoms with Crippen molar-refractivity contribution in [2.24, 2.45) is 5.92 Å². The van der Waals surface area contributed by atoms with Crippen LogP contribution in [0.15, 0.2) is 24.8 Å². The van der Waals surface area contributed by atoms with Gasteiger partial charge in [0.15, 0.2) is 0 Å². The molecule has 11 heteroatoms. The minimum atomic E-state index is -1.37. The molecule has 37 heavy (non-hydrogen) atoms. The number of rotatable bonds is 9. The summed E-state index contributed by atoms with van der Waals surface area (Å²) in [5.41, 5.74) is 0.115. The SMILES string of the molecule is C=CCOc1cc(Cl)c(Cl)cc1[C@H](N[S+]([O-])C(C)(C)C)C1CCN(C(=O)CNC(=O)OC(C)(C)C)CC1. The number of nitrogens with one attached hydrogen (secondary N) is 2. The smallest absolute Gasteiger partial charge is 0.408 e. The van der Waals surface area contributed by atoms with E-state index in [4.69, 9.17) is 32.7 Å². The Morgan fingerprint density at radius 1 is 1.19 bits per heavy atom. The Bertz CT molecular complexity index is 957. The third-order valence-corrected chi connectivity index (χ3v) is 7.98. The fourth-order valence-electron chi connectivity index (χ4n) is 3.82. The zero-order valence-electron chi connectivity index (χ0n) is 22.5. The highest BCUT2D eigenvalue weighted by molar-refractivity contribution is 7.90. The second-order valence-electron chi connectivity index (χ2n) is 11.0. The van der Waals surface area contributed by atoms with Gasteiger partial charge < -0.3 is 24.2 Å². The molecule has 8 nitrogen and oxygen atoms in total. The molecular weight excluding hydrogens is 537 g/mol. The van der Waals surface area contributed by atoms with E-state index < -0.39 is 27.8 Å². The van der Waals surface area contributed by atoms with E-state index in [0.717, 1.165) is 5.56 Å². The normalized spacial score (nSPS) is 16.6. The van der Waals surface area contributed by atoms with Gasteiger partial charge in [0.2, 0.25) is 5.91 Å². The summed E-state index contributed by atoms with van der Waals surface area (Å²) in [5, 5.41) is 3.25. The van der Waals surface area contributed by atoms with Crippen LogP contribution >= 0.6 is 23.2 Å². The van der Waals surface area contributed by atoms with Gasteiger partial charge in [-0.1, -0.05) is 35.9 Å². The van der Waals surface area contributed by atoms with Gasteiger partial charge in [0.25, 0.3) is 0 Å². The standard InChI is InChI=1S/C26H39Cl2N3O5S/c1-8-13-35-21-15-20(28)19(27)14-18(21)23(30-37(34)26(5,6)7)17-9-11-31(12-10-17)22(32)16-29-24(33)36-25(2,3)4/h8,14-15,17,23,30H,1,9-13,16H2,2-7H3,(H,29,33)/t23-,37?/m1/s1. The van der Waals surface area contributed by atoms with Crippen LogP contribution in [0.25, 0.3) is 0 Å². The predicted molar refractivity (Wildman–Crippen MR) is 149 cm³/mol. The molecule has 0 spiro atoms. The lowest BCUT2D eigenvalue weighted by Gasteiger charge is -2.38. The van der Waals surface area contributed by atoms with Crippen LogP contribution in [0.1, 0.15) is 66.0 Å². The number of benzene rings is 1. The third-order valence-electron chi connectivity index (χ3n) is 5.68. The maximum atomic E-state index is 13.2. The number of hydrogen-bond acceptors (Lipinski definition) is 6. The molecule has 208 valence electrons. The van der Waals surface area contributed by atoms with Crippen molar-refractivity contribution in [1.82, 2.24) is 14.9 Å². The summed E-state index contributed by atoms with van der Waals surface area (Å²) in [6, 6.07) is 3.06. The van der Waals surface area contributed by atoms with Gasteiger partial charge in [0.05, 0.1) is 16.1 Å². The number of hydrogen-bond donors (Lipinski definition) is 2. The molecular formula is C26H39Cl2N3O5S. The van der Waals surface area contributed by atoms with Crippen LogP contribution in [0.4, 0.5) is 4.79 Å². The molecule has 1 aliphatic heterocycles. The van der Waals surface area contributed by atoms with Gasteiger partial charge in [-0.05, 0) is 66.4 Å². The first-order valence-corrected chi connectivity index (χ1v) is 14.2. The van der Waals surface area contributed by atoms with Gasteiger partial charge in [-0.15, -0.1) is 4.72 Å². The lowest BCUT2D eigenvalue weighted by molar-refractivity contribution is -0.131. The molecule has 2 N–H and O–H groups in total. The minimum Gasteiger partial charge on any atom is -0.598 e. The Balaban J connectivity index is 2.19. The molecule has 1 fully saturated rings.